The van der Waals surface area contributed by atoms with Crippen molar-refractivity contribution in [2.24, 2.45) is 7.05 Å². The number of hydrogen-bond donors (Lipinski definition) is 1. The van der Waals surface area contributed by atoms with Crippen LogP contribution in [0.25, 0.3) is 22.5 Å². The third-order valence-electron chi connectivity index (χ3n) is 5.67. The van der Waals surface area contributed by atoms with E-state index in [1.807, 2.05) is 49.6 Å². The minimum Gasteiger partial charge on any atom is -0.491 e. The Bertz CT molecular complexity index is 1280. The molecule has 34 heavy (non-hydrogen) atoms. The molecule has 174 valence electrons. The predicted molar refractivity (Wildman–Crippen MR) is 131 cm³/mol. The van der Waals surface area contributed by atoms with Crippen LogP contribution in [0, 0.1) is 0 Å². The molecular formula is C25H27N7O2. The number of aryl methyl sites for hydroxylation is 1. The topological polar surface area (TPSA) is 90.2 Å². The number of hydrogen-bond acceptors (Lipinski definition) is 8. The van der Waals surface area contributed by atoms with Gasteiger partial charge in [-0.1, -0.05) is 18.2 Å². The van der Waals surface area contributed by atoms with Crippen LogP contribution in [-0.4, -0.2) is 57.6 Å². The maximum absolute atomic E-state index is 5.85. The SMILES string of the molecule is COc1c(Nc2ccncc2)nc(N2CCO[C@H](C)C2)nc1-c1cccc(-c2ccn(C)n2)c1. The maximum Gasteiger partial charge on any atom is 0.228 e. The minimum absolute atomic E-state index is 0.104. The Morgan fingerprint density at radius 2 is 1.91 bits per heavy atom. The van der Waals surface area contributed by atoms with Gasteiger partial charge in [0.1, 0.15) is 5.69 Å². The largest absolute Gasteiger partial charge is 0.491 e. The van der Waals surface area contributed by atoms with Gasteiger partial charge < -0.3 is 19.7 Å². The van der Waals surface area contributed by atoms with Crippen molar-refractivity contribution in [3.05, 3.63) is 61.1 Å². The van der Waals surface area contributed by atoms with Crippen molar-refractivity contribution in [1.82, 2.24) is 24.7 Å². The highest BCUT2D eigenvalue weighted by Crippen LogP contribution is 2.38. The van der Waals surface area contributed by atoms with Crippen LogP contribution >= 0.6 is 0 Å². The van der Waals surface area contributed by atoms with Crippen molar-refractivity contribution in [2.45, 2.75) is 13.0 Å². The standard InChI is InChI=1S/C25H27N7O2/c1-17-16-32(13-14-34-17)25-28-22(19-6-4-5-18(15-19)21-9-12-31(2)30-21)23(33-3)24(29-25)27-20-7-10-26-11-8-20/h4-12,15,17H,13-14,16H2,1-3H3,(H,26,27,28,29)/t17-/m1/s1. The third-order valence-corrected chi connectivity index (χ3v) is 5.67. The summed E-state index contributed by atoms with van der Waals surface area (Å²) in [4.78, 5) is 16.1. The highest BCUT2D eigenvalue weighted by atomic mass is 16.5. The third kappa shape index (κ3) is 4.55. The van der Waals surface area contributed by atoms with Crippen LogP contribution in [-0.2, 0) is 11.8 Å². The summed E-state index contributed by atoms with van der Waals surface area (Å²) in [6.45, 7) is 4.13. The number of methoxy groups -OCH3 is 1. The molecule has 9 heteroatoms. The van der Waals surface area contributed by atoms with Gasteiger partial charge in [0.15, 0.2) is 11.6 Å². The van der Waals surface area contributed by atoms with Crippen molar-refractivity contribution in [2.75, 3.05) is 37.0 Å². The summed E-state index contributed by atoms with van der Waals surface area (Å²) in [5.41, 5.74) is 4.39. The fourth-order valence-corrected chi connectivity index (χ4v) is 4.02. The monoisotopic (exact) mass is 457 g/mol. The molecule has 1 N–H and O–H groups in total. The van der Waals surface area contributed by atoms with Crippen LogP contribution in [0.2, 0.25) is 0 Å². The first kappa shape index (κ1) is 21.8. The lowest BCUT2D eigenvalue weighted by atomic mass is 10.0. The molecule has 0 radical (unpaired) electrons. The number of aromatic nitrogens is 5. The van der Waals surface area contributed by atoms with E-state index in [1.54, 1.807) is 24.2 Å². The van der Waals surface area contributed by atoms with Crippen LogP contribution in [0.4, 0.5) is 17.5 Å². The Labute approximate surface area is 198 Å². The van der Waals surface area contributed by atoms with Crippen molar-refractivity contribution in [1.29, 1.82) is 0 Å². The van der Waals surface area contributed by atoms with E-state index in [0.29, 0.717) is 36.4 Å². The zero-order valence-corrected chi connectivity index (χ0v) is 19.5. The van der Waals surface area contributed by atoms with E-state index in [-0.39, 0.29) is 6.10 Å². The molecule has 5 rings (SSSR count). The van der Waals surface area contributed by atoms with E-state index in [9.17, 15) is 0 Å². The second-order valence-electron chi connectivity index (χ2n) is 8.20. The number of ether oxygens (including phenoxy) is 2. The highest BCUT2D eigenvalue weighted by Gasteiger charge is 2.24. The molecule has 1 aromatic carbocycles. The van der Waals surface area contributed by atoms with Gasteiger partial charge in [-0.3, -0.25) is 9.67 Å². The van der Waals surface area contributed by atoms with Gasteiger partial charge in [-0.15, -0.1) is 0 Å². The summed E-state index contributed by atoms with van der Waals surface area (Å²) in [5.74, 6) is 1.79. The molecule has 0 amide bonds. The second kappa shape index (κ2) is 9.48. The summed E-state index contributed by atoms with van der Waals surface area (Å²) in [6.07, 6.45) is 5.50. The van der Waals surface area contributed by atoms with Crippen molar-refractivity contribution < 1.29 is 9.47 Å². The summed E-state index contributed by atoms with van der Waals surface area (Å²) in [5, 5.41) is 7.93. The molecule has 1 aliphatic rings. The van der Waals surface area contributed by atoms with Crippen molar-refractivity contribution in [3.63, 3.8) is 0 Å². The van der Waals surface area contributed by atoms with Crippen LogP contribution < -0.4 is 15.0 Å². The molecule has 3 aromatic heterocycles. The molecule has 9 nitrogen and oxygen atoms in total. The number of rotatable bonds is 6. The molecule has 0 aliphatic carbocycles. The number of pyridine rings is 1. The molecule has 4 heterocycles. The Morgan fingerprint density at radius 3 is 2.65 bits per heavy atom. The summed E-state index contributed by atoms with van der Waals surface area (Å²) >= 11 is 0. The summed E-state index contributed by atoms with van der Waals surface area (Å²) in [6, 6.07) is 13.9. The van der Waals surface area contributed by atoms with Gasteiger partial charge in [-0.05, 0) is 31.2 Å². The van der Waals surface area contributed by atoms with E-state index in [0.717, 1.165) is 29.1 Å². The van der Waals surface area contributed by atoms with Gasteiger partial charge in [0, 0.05) is 55.5 Å². The second-order valence-corrected chi connectivity index (χ2v) is 8.20. The van der Waals surface area contributed by atoms with Gasteiger partial charge in [0.2, 0.25) is 5.95 Å². The fourth-order valence-electron chi connectivity index (χ4n) is 4.02. The normalized spacial score (nSPS) is 15.9. The zero-order valence-electron chi connectivity index (χ0n) is 19.5. The first-order chi connectivity index (χ1) is 16.6. The summed E-state index contributed by atoms with van der Waals surface area (Å²) < 4.78 is 13.4. The minimum atomic E-state index is 0.104. The zero-order chi connectivity index (χ0) is 23.5. The van der Waals surface area contributed by atoms with E-state index in [1.165, 1.54) is 0 Å². The van der Waals surface area contributed by atoms with Gasteiger partial charge in [0.25, 0.3) is 0 Å². The molecule has 1 aliphatic heterocycles. The summed E-state index contributed by atoms with van der Waals surface area (Å²) in [7, 11) is 3.55. The van der Waals surface area contributed by atoms with Gasteiger partial charge in [-0.25, -0.2) is 4.98 Å². The Morgan fingerprint density at radius 1 is 1.09 bits per heavy atom. The molecule has 1 fully saturated rings. The van der Waals surface area contributed by atoms with Crippen LogP contribution in [0.3, 0.4) is 0 Å². The van der Waals surface area contributed by atoms with E-state index in [4.69, 9.17) is 19.4 Å². The average Bonchev–Trinajstić information content (AvgIpc) is 3.30. The number of nitrogens with zero attached hydrogens (tertiary/aromatic N) is 6. The Kier molecular flexibility index (Phi) is 6.09. The van der Waals surface area contributed by atoms with Crippen LogP contribution in [0.15, 0.2) is 61.1 Å². The van der Waals surface area contributed by atoms with Crippen LogP contribution in [0.1, 0.15) is 6.92 Å². The molecular weight excluding hydrogens is 430 g/mol. The molecule has 1 atom stereocenters. The first-order valence-electron chi connectivity index (χ1n) is 11.2. The molecule has 0 bridgehead atoms. The van der Waals surface area contributed by atoms with Crippen molar-refractivity contribution >= 4 is 17.5 Å². The Balaban J connectivity index is 1.63. The predicted octanol–water partition coefficient (Wildman–Crippen LogP) is 3.92. The molecule has 0 saturated carbocycles. The number of morpholine rings is 1. The molecule has 0 spiro atoms. The molecule has 4 aromatic rings. The number of benzene rings is 1. The lowest BCUT2D eigenvalue weighted by molar-refractivity contribution is 0.0526. The Hall–Kier alpha value is -3.98. The molecule has 0 unspecified atom stereocenters. The molecule has 1 saturated heterocycles. The quantitative estimate of drug-likeness (QED) is 0.466. The van der Waals surface area contributed by atoms with Gasteiger partial charge >= 0.3 is 0 Å². The fraction of sp³-hybridized carbons (Fsp3) is 0.280. The number of nitrogens with one attached hydrogen (secondary N) is 1. The van der Waals surface area contributed by atoms with Crippen molar-refractivity contribution in [3.8, 4) is 28.3 Å². The number of anilines is 3. The lowest BCUT2D eigenvalue weighted by Crippen LogP contribution is -2.42. The smallest absolute Gasteiger partial charge is 0.228 e. The first-order valence-corrected chi connectivity index (χ1v) is 11.2. The highest BCUT2D eigenvalue weighted by molar-refractivity contribution is 5.79. The maximum atomic E-state index is 5.85. The van der Waals surface area contributed by atoms with Crippen LogP contribution in [0.5, 0.6) is 5.75 Å². The van der Waals surface area contributed by atoms with E-state index in [2.05, 4.69) is 33.3 Å². The van der Waals surface area contributed by atoms with Gasteiger partial charge in [0.05, 0.1) is 25.5 Å². The average molecular weight is 458 g/mol. The van der Waals surface area contributed by atoms with E-state index < -0.39 is 0 Å². The lowest BCUT2D eigenvalue weighted by Gasteiger charge is -2.31. The van der Waals surface area contributed by atoms with E-state index >= 15 is 0 Å². The van der Waals surface area contributed by atoms with Gasteiger partial charge in [-0.2, -0.15) is 10.1 Å².